The Kier molecular flexibility index (Phi) is 4.58. The van der Waals surface area contributed by atoms with Crippen LogP contribution in [0.1, 0.15) is 15.2 Å². The average molecular weight is 308 g/mol. The van der Waals surface area contributed by atoms with Gasteiger partial charge in [0.2, 0.25) is 0 Å². The minimum Gasteiger partial charge on any atom is -0.507 e. The molecule has 0 fully saturated rings. The van der Waals surface area contributed by atoms with Crippen molar-refractivity contribution < 1.29 is 9.90 Å². The van der Waals surface area contributed by atoms with Crippen LogP contribution in [0.15, 0.2) is 24.4 Å². The number of carbonyl (C=O) groups is 1. The first-order valence-corrected chi connectivity index (χ1v) is 6.74. The molecule has 0 aliphatic rings. The van der Waals surface area contributed by atoms with Gasteiger partial charge in [0.1, 0.15) is 5.75 Å². The molecule has 0 aliphatic heterocycles. The number of rotatable bonds is 2. The van der Waals surface area contributed by atoms with E-state index in [0.717, 1.165) is 0 Å². The third-order valence-electron chi connectivity index (χ3n) is 2.24. The van der Waals surface area contributed by atoms with Crippen LogP contribution in [0.4, 0.5) is 5.13 Å². The van der Waals surface area contributed by atoms with Crippen LogP contribution in [-0.4, -0.2) is 22.5 Å². The molecular formula is C13H10ClN3O2S. The van der Waals surface area contributed by atoms with E-state index in [4.69, 9.17) is 17.3 Å². The Morgan fingerprint density at radius 2 is 2.35 bits per heavy atom. The Bertz CT molecular complexity index is 703. The van der Waals surface area contributed by atoms with Crippen molar-refractivity contribution in [3.63, 3.8) is 0 Å². The number of carbonyl (C=O) groups excluding carboxylic acids is 1. The molecule has 2 rings (SSSR count). The van der Waals surface area contributed by atoms with Crippen LogP contribution < -0.4 is 11.1 Å². The molecule has 1 heterocycles. The van der Waals surface area contributed by atoms with Gasteiger partial charge in [-0.05, 0) is 18.2 Å². The third-order valence-corrected chi connectivity index (χ3v) is 3.31. The quantitative estimate of drug-likeness (QED) is 0.741. The molecule has 2 aromatic rings. The second-order valence-electron chi connectivity index (χ2n) is 3.65. The molecule has 0 spiro atoms. The summed E-state index contributed by atoms with van der Waals surface area (Å²) in [6.45, 7) is 0.262. The van der Waals surface area contributed by atoms with Gasteiger partial charge in [-0.3, -0.25) is 10.1 Å². The van der Waals surface area contributed by atoms with E-state index < -0.39 is 5.91 Å². The number of hydrogen-bond donors (Lipinski definition) is 3. The summed E-state index contributed by atoms with van der Waals surface area (Å²) in [6, 6.07) is 4.27. The molecule has 1 aromatic carbocycles. The monoisotopic (exact) mass is 307 g/mol. The highest BCUT2D eigenvalue weighted by molar-refractivity contribution is 7.16. The molecular weight excluding hydrogens is 298 g/mol. The van der Waals surface area contributed by atoms with Gasteiger partial charge in [0.05, 0.1) is 23.2 Å². The van der Waals surface area contributed by atoms with Gasteiger partial charge in [-0.25, -0.2) is 4.98 Å². The molecule has 0 unspecified atom stereocenters. The summed E-state index contributed by atoms with van der Waals surface area (Å²) in [4.78, 5) is 16.7. The maximum Gasteiger partial charge on any atom is 0.261 e. The molecule has 0 aliphatic carbocycles. The predicted octanol–water partition coefficient (Wildman–Crippen LogP) is 2.06. The molecule has 0 bridgehead atoms. The number of thiazole rings is 1. The maximum atomic E-state index is 12.0. The fourth-order valence-electron chi connectivity index (χ4n) is 1.39. The summed E-state index contributed by atoms with van der Waals surface area (Å²) in [5, 5.41) is 13.0. The van der Waals surface area contributed by atoms with Gasteiger partial charge in [-0.15, -0.1) is 0 Å². The number of nitrogens with two attached hydrogens (primary N) is 1. The second kappa shape index (κ2) is 6.39. The van der Waals surface area contributed by atoms with Gasteiger partial charge < -0.3 is 10.8 Å². The molecule has 1 amide bonds. The third kappa shape index (κ3) is 3.48. The van der Waals surface area contributed by atoms with Crippen molar-refractivity contribution in [2.45, 2.75) is 0 Å². The number of anilines is 1. The zero-order valence-electron chi connectivity index (χ0n) is 10.2. The molecule has 102 valence electrons. The zero-order chi connectivity index (χ0) is 14.5. The summed E-state index contributed by atoms with van der Waals surface area (Å²) in [5.41, 5.74) is 5.40. The van der Waals surface area contributed by atoms with E-state index in [2.05, 4.69) is 22.1 Å². The first-order valence-electron chi connectivity index (χ1n) is 5.55. The number of phenols is 1. The molecule has 7 heteroatoms. The molecule has 0 atom stereocenters. The van der Waals surface area contributed by atoms with E-state index in [1.54, 1.807) is 6.20 Å². The lowest BCUT2D eigenvalue weighted by Gasteiger charge is -2.04. The fourth-order valence-corrected chi connectivity index (χ4v) is 2.24. The largest absolute Gasteiger partial charge is 0.507 e. The average Bonchev–Trinajstić information content (AvgIpc) is 2.83. The first kappa shape index (κ1) is 14.3. The molecule has 0 saturated heterocycles. The molecule has 0 saturated carbocycles. The molecule has 5 nitrogen and oxygen atoms in total. The summed E-state index contributed by atoms with van der Waals surface area (Å²) in [7, 11) is 0. The number of nitrogens with zero attached hydrogens (tertiary/aromatic N) is 1. The number of aromatic hydroxyl groups is 1. The number of nitrogens with one attached hydrogen (secondary N) is 1. The Morgan fingerprint density at radius 1 is 1.55 bits per heavy atom. The SMILES string of the molecule is NCC#Cc1cnc(NC(=O)c2ccc(Cl)cc2O)s1. The number of hydrogen-bond acceptors (Lipinski definition) is 5. The van der Waals surface area contributed by atoms with Crippen molar-refractivity contribution in [3.05, 3.63) is 39.9 Å². The lowest BCUT2D eigenvalue weighted by atomic mass is 10.2. The van der Waals surface area contributed by atoms with Crippen LogP contribution >= 0.6 is 22.9 Å². The number of aromatic nitrogens is 1. The second-order valence-corrected chi connectivity index (χ2v) is 5.12. The minimum atomic E-state index is -0.466. The van der Waals surface area contributed by atoms with E-state index in [0.29, 0.717) is 15.0 Å². The Morgan fingerprint density at radius 3 is 3.05 bits per heavy atom. The minimum absolute atomic E-state index is 0.124. The van der Waals surface area contributed by atoms with Gasteiger partial charge in [0.15, 0.2) is 5.13 Å². The Balaban J connectivity index is 2.13. The molecule has 1 aromatic heterocycles. The Labute approximate surface area is 124 Å². The van der Waals surface area contributed by atoms with Crippen LogP contribution in [0.5, 0.6) is 5.75 Å². The zero-order valence-corrected chi connectivity index (χ0v) is 11.8. The van der Waals surface area contributed by atoms with Crippen molar-refractivity contribution in [1.29, 1.82) is 0 Å². The Hall–Kier alpha value is -2.07. The van der Waals surface area contributed by atoms with Crippen LogP contribution in [0.25, 0.3) is 0 Å². The highest BCUT2D eigenvalue weighted by Crippen LogP contribution is 2.24. The first-order chi connectivity index (χ1) is 9.60. The van der Waals surface area contributed by atoms with Crippen molar-refractivity contribution >= 4 is 34.0 Å². The topological polar surface area (TPSA) is 88.2 Å². The molecule has 0 radical (unpaired) electrons. The van der Waals surface area contributed by atoms with Gasteiger partial charge in [0, 0.05) is 5.02 Å². The number of halogens is 1. The fraction of sp³-hybridized carbons (Fsp3) is 0.0769. The number of amides is 1. The van der Waals surface area contributed by atoms with Crippen LogP contribution in [0.2, 0.25) is 5.02 Å². The van der Waals surface area contributed by atoms with Gasteiger partial charge >= 0.3 is 0 Å². The van der Waals surface area contributed by atoms with Crippen LogP contribution in [-0.2, 0) is 0 Å². The van der Waals surface area contributed by atoms with Crippen molar-refractivity contribution in [1.82, 2.24) is 4.98 Å². The van der Waals surface area contributed by atoms with E-state index in [9.17, 15) is 9.90 Å². The molecule has 4 N–H and O–H groups in total. The van der Waals surface area contributed by atoms with E-state index in [1.165, 1.54) is 29.5 Å². The van der Waals surface area contributed by atoms with Crippen molar-refractivity contribution in [2.24, 2.45) is 5.73 Å². The number of benzene rings is 1. The summed E-state index contributed by atoms with van der Waals surface area (Å²) in [6.07, 6.45) is 1.55. The predicted molar refractivity (Wildman–Crippen MR) is 79.1 cm³/mol. The van der Waals surface area contributed by atoms with E-state index in [-0.39, 0.29) is 17.9 Å². The lowest BCUT2D eigenvalue weighted by Crippen LogP contribution is -2.11. The summed E-state index contributed by atoms with van der Waals surface area (Å²) < 4.78 is 0. The highest BCUT2D eigenvalue weighted by atomic mass is 35.5. The van der Waals surface area contributed by atoms with E-state index >= 15 is 0 Å². The van der Waals surface area contributed by atoms with E-state index in [1.807, 2.05) is 0 Å². The van der Waals surface area contributed by atoms with Crippen LogP contribution in [0.3, 0.4) is 0 Å². The number of phenolic OH excluding ortho intramolecular Hbond substituents is 1. The normalized spacial score (nSPS) is 9.70. The maximum absolute atomic E-state index is 12.0. The smallest absolute Gasteiger partial charge is 0.261 e. The van der Waals surface area contributed by atoms with Gasteiger partial charge in [-0.1, -0.05) is 34.8 Å². The lowest BCUT2D eigenvalue weighted by molar-refractivity contribution is 0.102. The molecule has 20 heavy (non-hydrogen) atoms. The van der Waals surface area contributed by atoms with Crippen LogP contribution in [0, 0.1) is 11.8 Å². The van der Waals surface area contributed by atoms with Crippen molar-refractivity contribution in [2.75, 3.05) is 11.9 Å². The standard InChI is InChI=1S/C13H10ClN3O2S/c14-8-3-4-10(11(18)6-8)12(19)17-13-16-7-9(20-13)2-1-5-15/h3-4,6-7,18H,5,15H2,(H,16,17,19). The summed E-state index contributed by atoms with van der Waals surface area (Å²) >= 11 is 6.93. The van der Waals surface area contributed by atoms with Crippen molar-refractivity contribution in [3.8, 4) is 17.6 Å². The van der Waals surface area contributed by atoms with Gasteiger partial charge in [-0.2, -0.15) is 0 Å². The van der Waals surface area contributed by atoms with Gasteiger partial charge in [0.25, 0.3) is 5.91 Å². The highest BCUT2D eigenvalue weighted by Gasteiger charge is 2.13. The summed E-state index contributed by atoms with van der Waals surface area (Å²) in [5.74, 6) is 4.87.